The van der Waals surface area contributed by atoms with E-state index in [1.165, 1.54) is 18.3 Å². The van der Waals surface area contributed by atoms with Crippen molar-refractivity contribution in [2.24, 2.45) is 0 Å². The van der Waals surface area contributed by atoms with E-state index >= 15 is 0 Å². The second kappa shape index (κ2) is 5.82. The topological polar surface area (TPSA) is 95.1 Å². The second-order valence-electron chi connectivity index (χ2n) is 4.34. The van der Waals surface area contributed by atoms with Crippen molar-refractivity contribution in [1.82, 2.24) is 9.55 Å². The maximum absolute atomic E-state index is 11.3. The minimum atomic E-state index is -3.90. The number of hydrogen-bond donors (Lipinski definition) is 0. The third-order valence-corrected chi connectivity index (χ3v) is 4.05. The quantitative estimate of drug-likeness (QED) is 0.476. The first-order valence-corrected chi connectivity index (χ1v) is 8.36. The Morgan fingerprint density at radius 1 is 1.43 bits per heavy atom. The molecular formula is C12H12ClN3O4S. The van der Waals surface area contributed by atoms with Crippen LogP contribution in [0.1, 0.15) is 18.3 Å². The lowest BCUT2D eigenvalue weighted by atomic mass is 10.2. The summed E-state index contributed by atoms with van der Waals surface area (Å²) < 4.78 is 24.2. The van der Waals surface area contributed by atoms with Gasteiger partial charge in [0.2, 0.25) is 0 Å². The Labute approximate surface area is 125 Å². The number of nitro benzene ring substituents is 1. The van der Waals surface area contributed by atoms with Gasteiger partial charge >= 0.3 is 0 Å². The molecule has 7 nitrogen and oxygen atoms in total. The molecule has 0 spiro atoms. The summed E-state index contributed by atoms with van der Waals surface area (Å²) in [6.45, 7) is 2.11. The van der Waals surface area contributed by atoms with Gasteiger partial charge in [-0.2, -0.15) is 0 Å². The highest BCUT2D eigenvalue weighted by Crippen LogP contribution is 2.18. The van der Waals surface area contributed by atoms with Gasteiger partial charge in [-0.3, -0.25) is 10.1 Å². The normalized spacial score (nSPS) is 11.5. The lowest BCUT2D eigenvalue weighted by molar-refractivity contribution is -0.384. The van der Waals surface area contributed by atoms with Gasteiger partial charge in [-0.15, -0.1) is 0 Å². The van der Waals surface area contributed by atoms with Gasteiger partial charge in [-0.05, 0) is 5.56 Å². The summed E-state index contributed by atoms with van der Waals surface area (Å²) in [6.07, 6.45) is 1.85. The van der Waals surface area contributed by atoms with Gasteiger partial charge in [0.15, 0.2) is 5.03 Å². The summed E-state index contributed by atoms with van der Waals surface area (Å²) in [5.74, 6) is 0.542. The van der Waals surface area contributed by atoms with Crippen LogP contribution in [0.5, 0.6) is 0 Å². The molecule has 0 aliphatic carbocycles. The third-order valence-electron chi connectivity index (χ3n) is 2.88. The average molecular weight is 330 g/mol. The highest BCUT2D eigenvalue weighted by atomic mass is 35.7. The first kappa shape index (κ1) is 15.5. The lowest BCUT2D eigenvalue weighted by Gasteiger charge is -2.06. The number of rotatable bonds is 5. The Hall–Kier alpha value is -1.93. The second-order valence-corrected chi connectivity index (χ2v) is 6.85. The van der Waals surface area contributed by atoms with Crippen LogP contribution in [0.2, 0.25) is 0 Å². The Balaban J connectivity index is 2.37. The van der Waals surface area contributed by atoms with Crippen LogP contribution in [0.25, 0.3) is 0 Å². The zero-order chi connectivity index (χ0) is 15.6. The third kappa shape index (κ3) is 3.59. The van der Waals surface area contributed by atoms with Crippen LogP contribution in [0, 0.1) is 10.1 Å². The van der Waals surface area contributed by atoms with Crippen molar-refractivity contribution in [2.75, 3.05) is 0 Å². The Bertz CT molecular complexity index is 786. The number of non-ortho nitro benzene ring substituents is 1. The van der Waals surface area contributed by atoms with Gasteiger partial charge in [0, 0.05) is 42.0 Å². The van der Waals surface area contributed by atoms with Gasteiger partial charge in [0.05, 0.1) is 4.92 Å². The van der Waals surface area contributed by atoms with Crippen molar-refractivity contribution >= 4 is 25.4 Å². The molecule has 0 fully saturated rings. The highest BCUT2D eigenvalue weighted by Gasteiger charge is 2.17. The lowest BCUT2D eigenvalue weighted by Crippen LogP contribution is -2.03. The molecule has 0 radical (unpaired) electrons. The van der Waals surface area contributed by atoms with Crippen molar-refractivity contribution in [2.45, 2.75) is 24.9 Å². The monoisotopic (exact) mass is 329 g/mol. The molecule has 9 heteroatoms. The summed E-state index contributed by atoms with van der Waals surface area (Å²) in [6, 6.07) is 6.14. The summed E-state index contributed by atoms with van der Waals surface area (Å²) in [5, 5.41) is 10.5. The fraction of sp³-hybridized carbons (Fsp3) is 0.250. The molecule has 112 valence electrons. The molecule has 2 rings (SSSR count). The zero-order valence-corrected chi connectivity index (χ0v) is 12.6. The minimum absolute atomic E-state index is 0.0177. The van der Waals surface area contributed by atoms with Crippen LogP contribution in [-0.4, -0.2) is 22.9 Å². The molecule has 0 unspecified atom stereocenters. The molecule has 2 aromatic rings. The van der Waals surface area contributed by atoms with E-state index in [0.29, 0.717) is 17.8 Å². The predicted molar refractivity (Wildman–Crippen MR) is 76.8 cm³/mol. The standard InChI is InChI=1S/C12H12ClN3O4S/c1-2-11-14-12(21(13,19)20)8-15(11)7-9-4-3-5-10(6-9)16(17)18/h3-6,8H,2,7H2,1H3. The summed E-state index contributed by atoms with van der Waals surface area (Å²) in [4.78, 5) is 14.2. The molecule has 0 aliphatic heterocycles. The molecule has 1 aromatic carbocycles. The van der Waals surface area contributed by atoms with Gasteiger partial charge in [0.25, 0.3) is 14.7 Å². The van der Waals surface area contributed by atoms with Crippen molar-refractivity contribution < 1.29 is 13.3 Å². The number of aromatic nitrogens is 2. The van der Waals surface area contributed by atoms with Crippen molar-refractivity contribution in [3.63, 3.8) is 0 Å². The van der Waals surface area contributed by atoms with E-state index < -0.39 is 14.0 Å². The average Bonchev–Trinajstić information content (AvgIpc) is 2.82. The van der Waals surface area contributed by atoms with E-state index in [4.69, 9.17) is 10.7 Å². The van der Waals surface area contributed by atoms with Gasteiger partial charge in [0.1, 0.15) is 5.82 Å². The smallest absolute Gasteiger partial charge is 0.280 e. The molecule has 0 atom stereocenters. The van der Waals surface area contributed by atoms with Crippen LogP contribution < -0.4 is 0 Å². The summed E-state index contributed by atoms with van der Waals surface area (Å²) >= 11 is 0. The van der Waals surface area contributed by atoms with Crippen LogP contribution in [0.4, 0.5) is 5.69 Å². The number of hydrogen-bond acceptors (Lipinski definition) is 5. The number of aryl methyl sites for hydroxylation is 1. The van der Waals surface area contributed by atoms with Crippen molar-refractivity contribution in [1.29, 1.82) is 0 Å². The molecule has 1 aromatic heterocycles. The number of nitro groups is 1. The molecule has 0 N–H and O–H groups in total. The summed E-state index contributed by atoms with van der Waals surface area (Å²) in [7, 11) is 1.38. The molecule has 0 saturated heterocycles. The molecule has 0 saturated carbocycles. The number of nitrogens with zero attached hydrogens (tertiary/aromatic N) is 3. The van der Waals surface area contributed by atoms with E-state index in [1.54, 1.807) is 16.7 Å². The van der Waals surface area contributed by atoms with Crippen LogP contribution in [-0.2, 0) is 22.0 Å². The Morgan fingerprint density at radius 2 is 2.14 bits per heavy atom. The largest absolute Gasteiger partial charge is 0.329 e. The van der Waals surface area contributed by atoms with Crippen LogP contribution in [0.15, 0.2) is 35.5 Å². The number of benzene rings is 1. The zero-order valence-electron chi connectivity index (χ0n) is 11.1. The van der Waals surface area contributed by atoms with Crippen LogP contribution >= 0.6 is 10.7 Å². The maximum Gasteiger partial charge on any atom is 0.280 e. The molecule has 21 heavy (non-hydrogen) atoms. The Kier molecular flexibility index (Phi) is 4.29. The first-order valence-electron chi connectivity index (χ1n) is 6.05. The molecule has 0 bridgehead atoms. The predicted octanol–water partition coefficient (Wildman–Crippen LogP) is 2.33. The number of imidazole rings is 1. The molecule has 0 aliphatic rings. The van der Waals surface area contributed by atoms with E-state index in [-0.39, 0.29) is 17.3 Å². The molecule has 0 amide bonds. The summed E-state index contributed by atoms with van der Waals surface area (Å²) in [5.41, 5.74) is 0.658. The van der Waals surface area contributed by atoms with Gasteiger partial charge in [-0.25, -0.2) is 13.4 Å². The van der Waals surface area contributed by atoms with Crippen molar-refractivity contribution in [3.05, 3.63) is 52.0 Å². The van der Waals surface area contributed by atoms with E-state index in [2.05, 4.69) is 4.98 Å². The SMILES string of the molecule is CCc1nc(S(=O)(=O)Cl)cn1Cc1cccc([N+](=O)[O-])c1. The van der Waals surface area contributed by atoms with E-state index in [1.807, 2.05) is 6.92 Å². The van der Waals surface area contributed by atoms with Gasteiger partial charge in [-0.1, -0.05) is 19.1 Å². The maximum atomic E-state index is 11.3. The van der Waals surface area contributed by atoms with Gasteiger partial charge < -0.3 is 4.57 Å². The van der Waals surface area contributed by atoms with E-state index in [9.17, 15) is 18.5 Å². The van der Waals surface area contributed by atoms with Crippen LogP contribution in [0.3, 0.4) is 0 Å². The highest BCUT2D eigenvalue weighted by molar-refractivity contribution is 8.13. The Morgan fingerprint density at radius 3 is 2.71 bits per heavy atom. The first-order chi connectivity index (χ1) is 9.81. The fourth-order valence-electron chi connectivity index (χ4n) is 1.93. The number of halogens is 1. The fourth-order valence-corrected chi connectivity index (χ4v) is 2.62. The molecular weight excluding hydrogens is 318 g/mol. The van der Waals surface area contributed by atoms with E-state index in [0.717, 1.165) is 0 Å². The molecule has 1 heterocycles. The minimum Gasteiger partial charge on any atom is -0.329 e. The van der Waals surface area contributed by atoms with Crippen molar-refractivity contribution in [3.8, 4) is 0 Å².